The lowest BCUT2D eigenvalue weighted by atomic mass is 9.98. The maximum absolute atomic E-state index is 5.20. The molecular weight excluding hydrogens is 645 g/mol. The van der Waals surface area contributed by atoms with Gasteiger partial charge < -0.3 is 0 Å². The van der Waals surface area contributed by atoms with Crippen LogP contribution >= 0.6 is 0 Å². The number of fused-ring (bicyclic) bond motifs is 18. The molecule has 7 aromatic carbocycles. The molecule has 0 aliphatic rings. The van der Waals surface area contributed by atoms with Crippen molar-refractivity contribution in [2.45, 2.75) is 0 Å². The van der Waals surface area contributed by atoms with Crippen molar-refractivity contribution in [3.8, 4) is 5.82 Å². The van der Waals surface area contributed by atoms with Gasteiger partial charge in [-0.3, -0.25) is 9.97 Å². The molecule has 0 bridgehead atoms. The number of para-hydroxylation sites is 2. The number of rotatable bonds is 1. The van der Waals surface area contributed by atoms with Gasteiger partial charge in [0.1, 0.15) is 45.5 Å². The summed E-state index contributed by atoms with van der Waals surface area (Å²) >= 11 is 0. The molecule has 0 atom stereocenters. The third kappa shape index (κ3) is 3.66. The van der Waals surface area contributed by atoms with Crippen molar-refractivity contribution in [3.63, 3.8) is 0 Å². The van der Waals surface area contributed by atoms with Crippen molar-refractivity contribution >= 4 is 110 Å². The molecule has 10 nitrogen and oxygen atoms in total. The van der Waals surface area contributed by atoms with E-state index >= 15 is 0 Å². The summed E-state index contributed by atoms with van der Waals surface area (Å²) in [5.41, 5.74) is 8.35. The molecule has 0 amide bonds. The van der Waals surface area contributed by atoms with Crippen molar-refractivity contribution in [2.24, 2.45) is 0 Å². The lowest BCUT2D eigenvalue weighted by Gasteiger charge is -2.12. The Hall–Kier alpha value is -7.46. The molecule has 52 heavy (non-hydrogen) atoms. The lowest BCUT2D eigenvalue weighted by Crippen LogP contribution is -2.33. The summed E-state index contributed by atoms with van der Waals surface area (Å²) in [6.07, 6.45) is 8.81. The third-order valence-corrected chi connectivity index (χ3v) is 10.1. The van der Waals surface area contributed by atoms with Crippen LogP contribution in [0.15, 0.2) is 128 Å². The van der Waals surface area contributed by atoms with Crippen LogP contribution in [0.5, 0.6) is 0 Å². The molecule has 5 heterocycles. The number of hydrogen-bond donors (Lipinski definition) is 0. The van der Waals surface area contributed by atoms with Gasteiger partial charge in [0.25, 0.3) is 0 Å². The summed E-state index contributed by atoms with van der Waals surface area (Å²) in [7, 11) is 0. The summed E-state index contributed by atoms with van der Waals surface area (Å²) in [4.78, 5) is 44.9. The van der Waals surface area contributed by atoms with Crippen LogP contribution in [0.1, 0.15) is 0 Å². The van der Waals surface area contributed by atoms with E-state index in [9.17, 15) is 0 Å². The Morgan fingerprint density at radius 3 is 1.77 bits per heavy atom. The molecule has 5 aromatic heterocycles. The smallest absolute Gasteiger partial charge is 0.252 e. The van der Waals surface area contributed by atoms with E-state index in [1.54, 1.807) is 24.8 Å². The summed E-state index contributed by atoms with van der Waals surface area (Å²) < 4.78 is 2.02. The number of hydrogen-bond acceptors (Lipinski definition) is 9. The maximum Gasteiger partial charge on any atom is 0.349 e. The molecule has 0 aliphatic heterocycles. The first-order chi connectivity index (χ1) is 25.8. The van der Waals surface area contributed by atoms with Gasteiger partial charge in [-0.05, 0) is 44.7 Å². The highest BCUT2D eigenvalue weighted by molar-refractivity contribution is 6.29. The van der Waals surface area contributed by atoms with Crippen LogP contribution in [-0.2, 0) is 0 Å². The van der Waals surface area contributed by atoms with E-state index in [-0.39, 0.29) is 0 Å². The molecule has 0 spiro atoms. The maximum atomic E-state index is 5.20. The van der Waals surface area contributed by atoms with Gasteiger partial charge in [0.2, 0.25) is 5.65 Å². The molecule has 0 saturated heterocycles. The molecule has 0 fully saturated rings. The van der Waals surface area contributed by atoms with Crippen LogP contribution in [0.4, 0.5) is 0 Å². The lowest BCUT2D eigenvalue weighted by molar-refractivity contribution is -0.570. The van der Waals surface area contributed by atoms with Gasteiger partial charge >= 0.3 is 11.5 Å². The van der Waals surface area contributed by atoms with Gasteiger partial charge in [-0.15, -0.1) is 0 Å². The van der Waals surface area contributed by atoms with E-state index in [1.807, 2.05) is 47.2 Å². The predicted molar refractivity (Wildman–Crippen MR) is 203 cm³/mol. The Morgan fingerprint density at radius 1 is 0.385 bits per heavy atom. The SMILES string of the molecule is c1ccc2c(c1)ccc1c3nccnc3c3nc4ncc(-[n+]5ccnc6c7nc8ccccc8nc7c7c8ccccc8ccc7c65)nc4nc3c21. The third-order valence-electron chi connectivity index (χ3n) is 10.1. The Bertz CT molecular complexity index is 3540. The first-order valence-corrected chi connectivity index (χ1v) is 16.9. The van der Waals surface area contributed by atoms with E-state index in [0.29, 0.717) is 39.2 Å². The highest BCUT2D eigenvalue weighted by atomic mass is 15.1. The zero-order valence-corrected chi connectivity index (χ0v) is 27.1. The van der Waals surface area contributed by atoms with Crippen LogP contribution in [0.25, 0.3) is 115 Å². The Labute approximate surface area is 292 Å². The summed E-state index contributed by atoms with van der Waals surface area (Å²) in [5, 5.41) is 8.26. The van der Waals surface area contributed by atoms with Crippen molar-refractivity contribution < 1.29 is 4.57 Å². The highest BCUT2D eigenvalue weighted by Crippen LogP contribution is 2.38. The van der Waals surface area contributed by atoms with Crippen molar-refractivity contribution in [1.82, 2.24) is 44.9 Å². The van der Waals surface area contributed by atoms with Crippen LogP contribution in [-0.4, -0.2) is 44.9 Å². The molecule has 10 heteroatoms. The number of nitrogens with zero attached hydrogens (tertiary/aromatic N) is 10. The van der Waals surface area contributed by atoms with E-state index in [1.165, 1.54) is 0 Å². The van der Waals surface area contributed by atoms with E-state index in [2.05, 4.69) is 60.7 Å². The zero-order chi connectivity index (χ0) is 33.9. The molecule has 0 radical (unpaired) electrons. The second-order valence-corrected chi connectivity index (χ2v) is 12.9. The molecule has 12 rings (SSSR count). The topological polar surface area (TPSA) is 120 Å². The molecule has 0 saturated carbocycles. The molecule has 0 aliphatic carbocycles. The first kappa shape index (κ1) is 27.4. The Kier molecular flexibility index (Phi) is 5.29. The predicted octanol–water partition coefficient (Wildman–Crippen LogP) is 8.05. The molecule has 0 N–H and O–H groups in total. The second kappa shape index (κ2) is 10.1. The summed E-state index contributed by atoms with van der Waals surface area (Å²) in [6, 6.07) is 33.1. The largest absolute Gasteiger partial charge is 0.349 e. The first-order valence-electron chi connectivity index (χ1n) is 16.9. The molecule has 12 aromatic rings. The quantitative estimate of drug-likeness (QED) is 0.0974. The Balaban J connectivity index is 1.21. The van der Waals surface area contributed by atoms with Crippen molar-refractivity contribution in [2.75, 3.05) is 0 Å². The second-order valence-electron chi connectivity index (χ2n) is 12.9. The van der Waals surface area contributed by atoms with Gasteiger partial charge in [0.05, 0.1) is 22.7 Å². The minimum atomic E-state index is 0.417. The zero-order valence-electron chi connectivity index (χ0n) is 27.1. The van der Waals surface area contributed by atoms with Gasteiger partial charge in [0, 0.05) is 33.9 Å². The number of aromatic nitrogens is 10. The van der Waals surface area contributed by atoms with Gasteiger partial charge in [-0.1, -0.05) is 78.9 Å². The average Bonchev–Trinajstić information content (AvgIpc) is 3.21. The standard InChI is InChI=1S/C42H21N10/c1-3-9-24-22(7-1)13-15-26-31(24)35-37(36-33(26)43-17-18-44-36)51-41-42(50-35)49-30(21-46-41)52-20-19-45-39-38-34(47-28-11-5-6-12-29(28)48-38)32-25-10-4-2-8-23(25)14-16-27(32)40(39)52/h1-21H/q+1. The van der Waals surface area contributed by atoms with Gasteiger partial charge in [0.15, 0.2) is 5.52 Å². The Morgan fingerprint density at radius 2 is 0.981 bits per heavy atom. The minimum absolute atomic E-state index is 0.417. The van der Waals surface area contributed by atoms with Gasteiger partial charge in [-0.2, -0.15) is 9.55 Å². The van der Waals surface area contributed by atoms with Crippen LogP contribution in [0.2, 0.25) is 0 Å². The van der Waals surface area contributed by atoms with Crippen LogP contribution in [0.3, 0.4) is 0 Å². The molecular formula is C42H21N10+. The average molecular weight is 666 g/mol. The van der Waals surface area contributed by atoms with E-state index < -0.39 is 0 Å². The fraction of sp³-hybridized carbons (Fsp3) is 0. The summed E-state index contributed by atoms with van der Waals surface area (Å²) in [5.74, 6) is 0.575. The van der Waals surface area contributed by atoms with Crippen molar-refractivity contribution in [3.05, 3.63) is 128 Å². The van der Waals surface area contributed by atoms with E-state index in [0.717, 1.165) is 76.2 Å². The minimum Gasteiger partial charge on any atom is -0.252 e. The fourth-order valence-corrected chi connectivity index (χ4v) is 7.83. The highest BCUT2D eigenvalue weighted by Gasteiger charge is 2.25. The van der Waals surface area contributed by atoms with Crippen molar-refractivity contribution in [1.29, 1.82) is 0 Å². The van der Waals surface area contributed by atoms with Crippen LogP contribution in [0, 0.1) is 0 Å². The monoisotopic (exact) mass is 665 g/mol. The fourth-order valence-electron chi connectivity index (χ4n) is 7.83. The molecule has 0 unspecified atom stereocenters. The number of benzene rings is 7. The van der Waals surface area contributed by atoms with E-state index in [4.69, 9.17) is 44.9 Å². The molecule has 238 valence electrons. The van der Waals surface area contributed by atoms with Crippen LogP contribution < -0.4 is 4.57 Å². The normalized spacial score (nSPS) is 12.2. The summed E-state index contributed by atoms with van der Waals surface area (Å²) in [6.45, 7) is 0. The van der Waals surface area contributed by atoms with Gasteiger partial charge in [-0.25, -0.2) is 24.9 Å².